The maximum Gasteiger partial charge on any atom is 0.233 e. The third-order valence-electron chi connectivity index (χ3n) is 6.83. The van der Waals surface area contributed by atoms with Crippen LogP contribution in [0.15, 0.2) is 42.6 Å². The van der Waals surface area contributed by atoms with Crippen LogP contribution < -0.4 is 19.7 Å². The highest BCUT2D eigenvalue weighted by molar-refractivity contribution is 5.74. The number of nitrogens with one attached hydrogen (secondary N) is 1. The van der Waals surface area contributed by atoms with Gasteiger partial charge in [0.15, 0.2) is 12.6 Å². The van der Waals surface area contributed by atoms with Gasteiger partial charge in [0, 0.05) is 56.6 Å². The minimum atomic E-state index is 0.119. The molecule has 1 saturated carbocycles. The van der Waals surface area contributed by atoms with E-state index >= 15 is 0 Å². The van der Waals surface area contributed by atoms with Crippen molar-refractivity contribution in [2.45, 2.75) is 37.5 Å². The zero-order valence-electron chi connectivity index (χ0n) is 20.9. The maximum atomic E-state index is 5.89. The van der Waals surface area contributed by atoms with Crippen LogP contribution in [-0.2, 0) is 9.47 Å². The fraction of sp³-hybridized carbons (Fsp3) is 0.462. The van der Waals surface area contributed by atoms with E-state index < -0.39 is 0 Å². The van der Waals surface area contributed by atoms with Crippen LogP contribution in [0.3, 0.4) is 0 Å². The van der Waals surface area contributed by atoms with Gasteiger partial charge in [-0.3, -0.25) is 0 Å². The first kappa shape index (κ1) is 24.4. The van der Waals surface area contributed by atoms with Gasteiger partial charge in [0.1, 0.15) is 5.75 Å². The molecule has 3 aromatic rings. The molecule has 10 heteroatoms. The molecule has 0 spiro atoms. The molecule has 0 radical (unpaired) electrons. The van der Waals surface area contributed by atoms with Gasteiger partial charge in [-0.2, -0.15) is 5.10 Å². The van der Waals surface area contributed by atoms with Crippen molar-refractivity contribution in [2.24, 2.45) is 0 Å². The SMILES string of the molecule is COCOc1cc(-c2cnnc(OC)c2)ccc1-c1ccc(N2CCC(NC3CC(OC)C3)C2)nn1. The highest BCUT2D eigenvalue weighted by Crippen LogP contribution is 2.34. The average molecular weight is 493 g/mol. The zero-order chi connectivity index (χ0) is 24.9. The van der Waals surface area contributed by atoms with E-state index in [9.17, 15) is 0 Å². The van der Waals surface area contributed by atoms with Crippen molar-refractivity contribution in [1.29, 1.82) is 0 Å². The van der Waals surface area contributed by atoms with Gasteiger partial charge >= 0.3 is 0 Å². The number of nitrogens with zero attached hydrogens (tertiary/aromatic N) is 5. The Hall–Kier alpha value is -3.34. The third kappa shape index (κ3) is 5.40. The number of rotatable bonds is 10. The molecule has 5 rings (SSSR count). The second kappa shape index (κ2) is 11.2. The first-order valence-corrected chi connectivity index (χ1v) is 12.2. The predicted molar refractivity (Wildman–Crippen MR) is 135 cm³/mol. The molecule has 2 aliphatic rings. The normalized spacial score (nSPS) is 21.3. The van der Waals surface area contributed by atoms with Gasteiger partial charge in [-0.15, -0.1) is 15.3 Å². The summed E-state index contributed by atoms with van der Waals surface area (Å²) in [4.78, 5) is 2.29. The number of anilines is 1. The zero-order valence-corrected chi connectivity index (χ0v) is 20.9. The Bertz CT molecular complexity index is 1160. The molecule has 1 aromatic carbocycles. The molecule has 1 atom stereocenters. The molecular weight excluding hydrogens is 460 g/mol. The standard InChI is InChI=1S/C26H32N6O4/c1-33-16-36-24-10-17(18-11-26(35-3)31-27-14-18)4-5-22(24)23-6-7-25(30-29-23)32-9-8-19(15-32)28-20-12-21(13-20)34-2/h4-7,10-11,14,19-21,28H,8-9,12-13,15-16H2,1-3H3. The van der Waals surface area contributed by atoms with E-state index in [1.807, 2.05) is 36.4 Å². The summed E-state index contributed by atoms with van der Waals surface area (Å²) in [7, 11) is 4.95. The largest absolute Gasteiger partial charge is 0.480 e. The van der Waals surface area contributed by atoms with Crippen molar-refractivity contribution in [2.75, 3.05) is 46.1 Å². The minimum Gasteiger partial charge on any atom is -0.480 e. The van der Waals surface area contributed by atoms with Crippen molar-refractivity contribution in [3.63, 3.8) is 0 Å². The summed E-state index contributed by atoms with van der Waals surface area (Å²) >= 11 is 0. The molecule has 190 valence electrons. The van der Waals surface area contributed by atoms with Gasteiger partial charge in [-0.05, 0) is 49.1 Å². The Balaban J connectivity index is 1.29. The minimum absolute atomic E-state index is 0.119. The highest BCUT2D eigenvalue weighted by Gasteiger charge is 2.33. The number of methoxy groups -OCH3 is 3. The molecule has 1 saturated heterocycles. The summed E-state index contributed by atoms with van der Waals surface area (Å²) in [6.07, 6.45) is 5.39. The Kier molecular flexibility index (Phi) is 7.55. The quantitative estimate of drug-likeness (QED) is 0.425. The lowest BCUT2D eigenvalue weighted by atomic mass is 9.88. The van der Waals surface area contributed by atoms with Crippen molar-refractivity contribution in [1.82, 2.24) is 25.7 Å². The lowest BCUT2D eigenvalue weighted by Crippen LogP contribution is -2.49. The Labute approximate surface area is 210 Å². The van der Waals surface area contributed by atoms with Gasteiger partial charge in [-0.25, -0.2) is 0 Å². The summed E-state index contributed by atoms with van der Waals surface area (Å²) in [5, 5.41) is 20.8. The molecule has 0 bridgehead atoms. The number of ether oxygens (including phenoxy) is 4. The van der Waals surface area contributed by atoms with Gasteiger partial charge in [0.25, 0.3) is 0 Å². The van der Waals surface area contributed by atoms with E-state index in [1.165, 1.54) is 0 Å². The van der Waals surface area contributed by atoms with Crippen LogP contribution in [0.5, 0.6) is 11.6 Å². The molecule has 2 fully saturated rings. The molecule has 1 unspecified atom stereocenters. The average Bonchev–Trinajstić information content (AvgIpc) is 3.38. The summed E-state index contributed by atoms with van der Waals surface area (Å²) in [6.45, 7) is 2.02. The van der Waals surface area contributed by atoms with E-state index in [1.54, 1.807) is 27.5 Å². The third-order valence-corrected chi connectivity index (χ3v) is 6.83. The Morgan fingerprint density at radius 2 is 1.86 bits per heavy atom. The van der Waals surface area contributed by atoms with Crippen LogP contribution in [0, 0.1) is 0 Å². The molecule has 10 nitrogen and oxygen atoms in total. The molecule has 36 heavy (non-hydrogen) atoms. The smallest absolute Gasteiger partial charge is 0.233 e. The van der Waals surface area contributed by atoms with Gasteiger partial charge < -0.3 is 29.2 Å². The molecule has 0 amide bonds. The number of aromatic nitrogens is 4. The van der Waals surface area contributed by atoms with E-state index in [-0.39, 0.29) is 6.79 Å². The van der Waals surface area contributed by atoms with Crippen LogP contribution in [0.4, 0.5) is 5.82 Å². The van der Waals surface area contributed by atoms with E-state index in [0.717, 1.165) is 60.6 Å². The van der Waals surface area contributed by atoms with E-state index in [2.05, 4.69) is 30.6 Å². The maximum absolute atomic E-state index is 5.89. The lowest BCUT2D eigenvalue weighted by Gasteiger charge is -2.36. The number of benzene rings is 1. The lowest BCUT2D eigenvalue weighted by molar-refractivity contribution is 0.0149. The topological polar surface area (TPSA) is 104 Å². The number of hydrogen-bond donors (Lipinski definition) is 1. The summed E-state index contributed by atoms with van der Waals surface area (Å²) in [5.74, 6) is 1.98. The molecule has 1 aliphatic heterocycles. The predicted octanol–water partition coefficient (Wildman–Crippen LogP) is 2.94. The second-order valence-electron chi connectivity index (χ2n) is 9.15. The van der Waals surface area contributed by atoms with Crippen LogP contribution in [0.2, 0.25) is 0 Å². The van der Waals surface area contributed by atoms with Crippen LogP contribution in [0.1, 0.15) is 19.3 Å². The fourth-order valence-electron chi connectivity index (χ4n) is 4.73. The second-order valence-corrected chi connectivity index (χ2v) is 9.15. The van der Waals surface area contributed by atoms with Crippen molar-refractivity contribution >= 4 is 5.82 Å². The molecule has 1 aliphatic carbocycles. The Morgan fingerprint density at radius 1 is 0.972 bits per heavy atom. The number of hydrogen-bond acceptors (Lipinski definition) is 10. The molecule has 3 heterocycles. The van der Waals surface area contributed by atoms with Gasteiger partial charge in [0.05, 0.1) is 25.1 Å². The van der Waals surface area contributed by atoms with Crippen LogP contribution >= 0.6 is 0 Å². The highest BCUT2D eigenvalue weighted by atomic mass is 16.7. The first-order chi connectivity index (χ1) is 17.7. The van der Waals surface area contributed by atoms with Crippen molar-refractivity contribution in [3.8, 4) is 34.0 Å². The summed E-state index contributed by atoms with van der Waals surface area (Å²) < 4.78 is 21.6. The van der Waals surface area contributed by atoms with E-state index in [0.29, 0.717) is 29.8 Å². The Morgan fingerprint density at radius 3 is 2.61 bits per heavy atom. The summed E-state index contributed by atoms with van der Waals surface area (Å²) in [5.41, 5.74) is 3.36. The van der Waals surface area contributed by atoms with E-state index in [4.69, 9.17) is 18.9 Å². The van der Waals surface area contributed by atoms with Crippen molar-refractivity contribution in [3.05, 3.63) is 42.6 Å². The van der Waals surface area contributed by atoms with Crippen molar-refractivity contribution < 1.29 is 18.9 Å². The summed E-state index contributed by atoms with van der Waals surface area (Å²) in [6, 6.07) is 12.8. The van der Waals surface area contributed by atoms with Crippen LogP contribution in [-0.4, -0.2) is 79.8 Å². The first-order valence-electron chi connectivity index (χ1n) is 12.2. The molecule has 2 aromatic heterocycles. The van der Waals surface area contributed by atoms with Gasteiger partial charge in [0.2, 0.25) is 5.88 Å². The molecule has 1 N–H and O–H groups in total. The van der Waals surface area contributed by atoms with Gasteiger partial charge in [-0.1, -0.05) is 6.07 Å². The van der Waals surface area contributed by atoms with Crippen LogP contribution in [0.25, 0.3) is 22.4 Å². The monoisotopic (exact) mass is 492 g/mol. The fourth-order valence-corrected chi connectivity index (χ4v) is 4.73. The molecular formula is C26H32N6O4.